The number of hydrogen-bond donors (Lipinski definition) is 0. The van der Waals surface area contributed by atoms with E-state index >= 15 is 0 Å². The van der Waals surface area contributed by atoms with Gasteiger partial charge < -0.3 is 19.5 Å². The summed E-state index contributed by atoms with van der Waals surface area (Å²) in [6.45, 7) is 3.83. The van der Waals surface area contributed by atoms with Crippen LogP contribution >= 0.6 is 0 Å². The van der Waals surface area contributed by atoms with Crippen LogP contribution in [0.3, 0.4) is 0 Å². The van der Waals surface area contributed by atoms with E-state index in [1.807, 2.05) is 0 Å². The van der Waals surface area contributed by atoms with Crippen LogP contribution in [0.4, 0.5) is 13.6 Å². The molecule has 0 spiro atoms. The fourth-order valence-corrected chi connectivity index (χ4v) is 1.71. The molecule has 18 heavy (non-hydrogen) atoms. The summed E-state index contributed by atoms with van der Waals surface area (Å²) >= 11 is 0. The Hall–Kier alpha value is -1.40. The van der Waals surface area contributed by atoms with Crippen LogP contribution in [0.5, 0.6) is 0 Å². The highest BCUT2D eigenvalue weighted by molar-refractivity contribution is 5.71. The minimum absolute atomic E-state index is 0.0802. The average Bonchev–Trinajstić information content (AvgIpc) is 2.12. The lowest BCUT2D eigenvalue weighted by Crippen LogP contribution is -2.56. The number of nitrogens with zero attached hydrogens (tertiary/aromatic N) is 1. The van der Waals surface area contributed by atoms with Crippen molar-refractivity contribution in [1.82, 2.24) is 4.90 Å². The minimum Gasteiger partial charge on any atom is -0.550 e. The Bertz CT molecular complexity index is 351. The van der Waals surface area contributed by atoms with E-state index in [0.717, 1.165) is 4.90 Å². The molecule has 0 saturated carbocycles. The second-order valence-electron chi connectivity index (χ2n) is 5.32. The summed E-state index contributed by atoms with van der Waals surface area (Å²) in [7, 11) is 0. The third-order valence-electron chi connectivity index (χ3n) is 2.54. The summed E-state index contributed by atoms with van der Waals surface area (Å²) in [5, 5.41) is 10.5. The van der Waals surface area contributed by atoms with E-state index in [1.54, 1.807) is 20.8 Å². The smallest absolute Gasteiger partial charge is 0.410 e. The van der Waals surface area contributed by atoms with Gasteiger partial charge in [0.25, 0.3) is 5.92 Å². The van der Waals surface area contributed by atoms with Gasteiger partial charge in [-0.25, -0.2) is 13.6 Å². The highest BCUT2D eigenvalue weighted by Gasteiger charge is 2.47. The van der Waals surface area contributed by atoms with Crippen LogP contribution < -0.4 is 5.11 Å². The maximum absolute atomic E-state index is 13.5. The third kappa shape index (κ3) is 3.54. The molecule has 7 heteroatoms. The van der Waals surface area contributed by atoms with Crippen LogP contribution in [-0.2, 0) is 9.53 Å². The summed E-state index contributed by atoms with van der Waals surface area (Å²) in [6, 6.07) is 0. The van der Waals surface area contributed by atoms with Crippen LogP contribution in [0.1, 0.15) is 27.2 Å². The number of alkyl halides is 2. The molecule has 0 bridgehead atoms. The molecule has 0 aromatic rings. The van der Waals surface area contributed by atoms with Crippen molar-refractivity contribution in [2.24, 2.45) is 5.92 Å². The molecule has 1 unspecified atom stereocenters. The van der Waals surface area contributed by atoms with E-state index in [2.05, 4.69) is 0 Å². The van der Waals surface area contributed by atoms with Crippen molar-refractivity contribution in [1.29, 1.82) is 0 Å². The van der Waals surface area contributed by atoms with E-state index in [-0.39, 0.29) is 13.0 Å². The first-order chi connectivity index (χ1) is 8.03. The molecule has 1 aliphatic rings. The Kier molecular flexibility index (Phi) is 3.83. The van der Waals surface area contributed by atoms with Gasteiger partial charge in [-0.1, -0.05) is 0 Å². The SMILES string of the molecule is CC(C)(C)OC(=O)N1CCC(C(=O)[O-])C(F)(F)C1. The molecule has 0 aromatic heterocycles. The standard InChI is InChI=1S/C11H17F2NO4/c1-10(2,3)18-9(17)14-5-4-7(8(15)16)11(12,13)6-14/h7H,4-6H2,1-3H3,(H,15,16)/p-1. The number of ether oxygens (including phenoxy) is 1. The number of carboxylic acids is 1. The first-order valence-electron chi connectivity index (χ1n) is 5.59. The number of aliphatic carboxylic acids is 1. The summed E-state index contributed by atoms with van der Waals surface area (Å²) in [4.78, 5) is 23.0. The molecule has 1 heterocycles. The van der Waals surface area contributed by atoms with Crippen LogP contribution in [0.25, 0.3) is 0 Å². The van der Waals surface area contributed by atoms with E-state index in [9.17, 15) is 23.5 Å². The zero-order valence-electron chi connectivity index (χ0n) is 10.5. The number of halogens is 2. The topological polar surface area (TPSA) is 69.7 Å². The van der Waals surface area contributed by atoms with Crippen LogP contribution in [0.15, 0.2) is 0 Å². The number of amides is 1. The van der Waals surface area contributed by atoms with Crippen molar-refractivity contribution in [3.05, 3.63) is 0 Å². The van der Waals surface area contributed by atoms with Gasteiger partial charge in [0.1, 0.15) is 5.60 Å². The van der Waals surface area contributed by atoms with Gasteiger partial charge in [0, 0.05) is 6.54 Å². The average molecular weight is 264 g/mol. The van der Waals surface area contributed by atoms with Gasteiger partial charge >= 0.3 is 6.09 Å². The van der Waals surface area contributed by atoms with E-state index in [1.165, 1.54) is 0 Å². The normalized spacial score (nSPS) is 23.6. The molecule has 104 valence electrons. The lowest BCUT2D eigenvalue weighted by atomic mass is 9.93. The fraction of sp³-hybridized carbons (Fsp3) is 0.818. The Morgan fingerprint density at radius 2 is 1.94 bits per heavy atom. The molecule has 5 nitrogen and oxygen atoms in total. The van der Waals surface area contributed by atoms with Crippen molar-refractivity contribution < 1.29 is 28.2 Å². The molecule has 0 N–H and O–H groups in total. The van der Waals surface area contributed by atoms with E-state index < -0.39 is 36.0 Å². The maximum atomic E-state index is 13.5. The first-order valence-corrected chi connectivity index (χ1v) is 5.59. The summed E-state index contributed by atoms with van der Waals surface area (Å²) in [6.07, 6.45) is -1.20. The van der Waals surface area contributed by atoms with Gasteiger partial charge in [-0.2, -0.15) is 0 Å². The van der Waals surface area contributed by atoms with Gasteiger partial charge in [-0.3, -0.25) is 0 Å². The molecule has 1 saturated heterocycles. The monoisotopic (exact) mass is 264 g/mol. The van der Waals surface area contributed by atoms with Crippen LogP contribution in [0, 0.1) is 5.92 Å². The second kappa shape index (κ2) is 4.70. The second-order valence-corrected chi connectivity index (χ2v) is 5.32. The van der Waals surface area contributed by atoms with Gasteiger partial charge in [-0.05, 0) is 27.2 Å². The van der Waals surface area contributed by atoms with Gasteiger partial charge in [0.15, 0.2) is 0 Å². The summed E-state index contributed by atoms with van der Waals surface area (Å²) < 4.78 is 31.9. The molecular formula is C11H16F2NO4-. The van der Waals surface area contributed by atoms with E-state index in [4.69, 9.17) is 4.74 Å². The zero-order valence-corrected chi connectivity index (χ0v) is 10.5. The Morgan fingerprint density at radius 3 is 2.33 bits per heavy atom. The molecule has 0 aliphatic carbocycles. The molecule has 0 aromatic carbocycles. The van der Waals surface area contributed by atoms with Gasteiger partial charge in [0.05, 0.1) is 18.4 Å². The molecule has 1 amide bonds. The summed E-state index contributed by atoms with van der Waals surface area (Å²) in [5.41, 5.74) is -0.780. The number of piperidine rings is 1. The summed E-state index contributed by atoms with van der Waals surface area (Å²) in [5.74, 6) is -7.13. The lowest BCUT2D eigenvalue weighted by molar-refractivity contribution is -0.321. The molecule has 0 radical (unpaired) electrons. The Morgan fingerprint density at radius 1 is 1.39 bits per heavy atom. The van der Waals surface area contributed by atoms with Gasteiger partial charge in [0.2, 0.25) is 0 Å². The highest BCUT2D eigenvalue weighted by atomic mass is 19.3. The largest absolute Gasteiger partial charge is 0.550 e. The molecule has 1 rings (SSSR count). The number of likely N-dealkylation sites (tertiary alicyclic amines) is 1. The molecular weight excluding hydrogens is 248 g/mol. The van der Waals surface area contributed by atoms with E-state index in [0.29, 0.717) is 0 Å². The zero-order chi connectivity index (χ0) is 14.1. The third-order valence-corrected chi connectivity index (χ3v) is 2.54. The Balaban J connectivity index is 2.69. The van der Waals surface area contributed by atoms with Crippen molar-refractivity contribution in [2.45, 2.75) is 38.7 Å². The predicted molar refractivity (Wildman–Crippen MR) is 55.9 cm³/mol. The van der Waals surface area contributed by atoms with Crippen molar-refractivity contribution in [3.8, 4) is 0 Å². The fourth-order valence-electron chi connectivity index (χ4n) is 1.71. The number of hydrogen-bond acceptors (Lipinski definition) is 4. The lowest BCUT2D eigenvalue weighted by Gasteiger charge is -2.39. The Labute approximate surface area is 104 Å². The van der Waals surface area contributed by atoms with Crippen molar-refractivity contribution in [3.63, 3.8) is 0 Å². The van der Waals surface area contributed by atoms with Crippen LogP contribution in [-0.4, -0.2) is 41.6 Å². The quantitative estimate of drug-likeness (QED) is 0.696. The number of carboxylic acid groups (broad SMARTS) is 1. The molecule has 1 atom stereocenters. The first kappa shape index (κ1) is 14.7. The minimum atomic E-state index is -3.49. The van der Waals surface area contributed by atoms with Crippen LogP contribution in [0.2, 0.25) is 0 Å². The predicted octanol–water partition coefficient (Wildman–Crippen LogP) is 0.629. The number of carbonyl (C=O) groups is 2. The van der Waals surface area contributed by atoms with Crippen molar-refractivity contribution >= 4 is 12.1 Å². The molecule has 1 aliphatic heterocycles. The highest BCUT2D eigenvalue weighted by Crippen LogP contribution is 2.33. The number of carbonyl (C=O) groups excluding carboxylic acids is 2. The maximum Gasteiger partial charge on any atom is 0.410 e. The van der Waals surface area contributed by atoms with Gasteiger partial charge in [-0.15, -0.1) is 0 Å². The molecule has 1 fully saturated rings. The van der Waals surface area contributed by atoms with Crippen molar-refractivity contribution in [2.75, 3.05) is 13.1 Å². The number of rotatable bonds is 1.